The molecule has 0 N–H and O–H groups in total. The molecule has 0 spiro atoms. The molecule has 0 radical (unpaired) electrons. The van der Waals surface area contributed by atoms with Crippen LogP contribution in [0.25, 0.3) is 110 Å². The summed E-state index contributed by atoms with van der Waals surface area (Å²) in [5.74, 6) is 1.08. The van der Waals surface area contributed by atoms with Crippen LogP contribution in [0.5, 0.6) is 0 Å². The lowest BCUT2D eigenvalue weighted by Crippen LogP contribution is -2.00. The largest absolute Gasteiger partial charge is 0.456 e. The Kier molecular flexibility index (Phi) is 6.12. The quantitative estimate of drug-likeness (QED) is 0.166. The lowest BCUT2D eigenvalue weighted by atomic mass is 9.82. The molecule has 0 aliphatic heterocycles. The van der Waals surface area contributed by atoms with Crippen LogP contribution in [0.1, 0.15) is 29.4 Å². The molecular formula is C55H34O. The molecule has 10 aromatic carbocycles. The molecule has 56 heavy (non-hydrogen) atoms. The van der Waals surface area contributed by atoms with E-state index in [1.807, 2.05) is 0 Å². The van der Waals surface area contributed by atoms with Crippen LogP contribution < -0.4 is 0 Å². The summed E-state index contributed by atoms with van der Waals surface area (Å²) >= 11 is 0. The van der Waals surface area contributed by atoms with Crippen molar-refractivity contribution in [1.29, 1.82) is 0 Å². The SMILES string of the molecule is c1ccc2cc(-c3c4ccccc4c(-c4ccc5ccccc5c4)c4cc(-c5ccc6c(c5)-c5ccc7c(oc8ccccc87)c5C5CC65)ccc34)ccc2c1. The van der Waals surface area contributed by atoms with Gasteiger partial charge in [-0.05, 0) is 148 Å². The summed E-state index contributed by atoms with van der Waals surface area (Å²) in [6.45, 7) is 0. The van der Waals surface area contributed by atoms with E-state index >= 15 is 0 Å². The Morgan fingerprint density at radius 2 is 0.911 bits per heavy atom. The van der Waals surface area contributed by atoms with E-state index in [1.165, 1.54) is 116 Å². The molecular weight excluding hydrogens is 677 g/mol. The third-order valence-corrected chi connectivity index (χ3v) is 12.9. The zero-order chi connectivity index (χ0) is 36.5. The van der Waals surface area contributed by atoms with Gasteiger partial charge in [0.15, 0.2) is 0 Å². The first-order valence-corrected chi connectivity index (χ1v) is 19.8. The van der Waals surface area contributed by atoms with Gasteiger partial charge in [0.05, 0.1) is 0 Å². The van der Waals surface area contributed by atoms with Crippen LogP contribution in [0.15, 0.2) is 186 Å². The predicted molar refractivity (Wildman–Crippen MR) is 236 cm³/mol. The number of fused-ring (bicyclic) bond motifs is 14. The van der Waals surface area contributed by atoms with Crippen molar-refractivity contribution in [3.05, 3.63) is 193 Å². The highest BCUT2D eigenvalue weighted by Gasteiger charge is 2.47. The molecule has 1 heteroatoms. The fraction of sp³-hybridized carbons (Fsp3) is 0.0545. The van der Waals surface area contributed by atoms with Crippen LogP contribution in [0.4, 0.5) is 0 Å². The standard InChI is InChI=1S/C55H34O/c1-3-11-34-27-38(19-17-32(34)9-1)52-42-14-5-6-15-43(42)53(39-20-18-33-10-2-4-12-35(33)28-39)49-30-37(22-24-45(49)52)36-21-23-40-47(29-36)44-25-26-46-41-13-7-8-16-51(41)56-55(46)54(44)50-31-48(40)50/h1-30,48,50H,31H2. The van der Waals surface area contributed by atoms with Crippen LogP contribution in [-0.2, 0) is 0 Å². The van der Waals surface area contributed by atoms with Gasteiger partial charge < -0.3 is 4.42 Å². The molecule has 1 fully saturated rings. The maximum atomic E-state index is 6.61. The minimum Gasteiger partial charge on any atom is -0.456 e. The van der Waals surface area contributed by atoms with E-state index < -0.39 is 0 Å². The maximum absolute atomic E-state index is 6.61. The van der Waals surface area contributed by atoms with Crippen LogP contribution >= 0.6 is 0 Å². The average Bonchev–Trinajstić information content (AvgIpc) is 3.98. The molecule has 0 bridgehead atoms. The molecule has 2 aliphatic rings. The Labute approximate surface area is 324 Å². The first-order valence-electron chi connectivity index (χ1n) is 19.8. The fourth-order valence-electron chi connectivity index (χ4n) is 10.2. The van der Waals surface area contributed by atoms with E-state index in [0.717, 1.165) is 11.2 Å². The van der Waals surface area contributed by atoms with E-state index in [-0.39, 0.29) is 0 Å². The monoisotopic (exact) mass is 710 g/mol. The first kappa shape index (κ1) is 30.4. The number of benzene rings is 10. The van der Waals surface area contributed by atoms with Crippen LogP contribution in [0.3, 0.4) is 0 Å². The number of para-hydroxylation sites is 1. The minimum absolute atomic E-state index is 0.527. The highest BCUT2D eigenvalue weighted by molar-refractivity contribution is 6.22. The number of rotatable bonds is 3. The van der Waals surface area contributed by atoms with E-state index in [1.54, 1.807) is 0 Å². The van der Waals surface area contributed by atoms with Crippen molar-refractivity contribution in [3.63, 3.8) is 0 Å². The van der Waals surface area contributed by atoms with Crippen LogP contribution in [0.2, 0.25) is 0 Å². The third kappa shape index (κ3) is 4.31. The summed E-state index contributed by atoms with van der Waals surface area (Å²) in [5.41, 5.74) is 15.1. The van der Waals surface area contributed by atoms with Crippen molar-refractivity contribution in [2.75, 3.05) is 0 Å². The van der Waals surface area contributed by atoms with E-state index in [4.69, 9.17) is 4.42 Å². The van der Waals surface area contributed by atoms with Gasteiger partial charge in [0.2, 0.25) is 0 Å². The van der Waals surface area contributed by atoms with Gasteiger partial charge in [0.1, 0.15) is 11.2 Å². The smallest absolute Gasteiger partial charge is 0.139 e. The normalized spacial score (nSPS) is 15.8. The van der Waals surface area contributed by atoms with E-state index in [0.29, 0.717) is 11.8 Å². The molecule has 2 atom stereocenters. The summed E-state index contributed by atoms with van der Waals surface area (Å²) in [7, 11) is 0. The van der Waals surface area contributed by atoms with Gasteiger partial charge >= 0.3 is 0 Å². The Morgan fingerprint density at radius 3 is 1.64 bits per heavy atom. The number of furan rings is 1. The van der Waals surface area contributed by atoms with Crippen LogP contribution in [0, 0.1) is 0 Å². The van der Waals surface area contributed by atoms with E-state index in [2.05, 4.69) is 182 Å². The summed E-state index contributed by atoms with van der Waals surface area (Å²) in [6, 6.07) is 67.8. The number of hydrogen-bond donors (Lipinski definition) is 0. The lowest BCUT2D eigenvalue weighted by molar-refractivity contribution is 0.662. The van der Waals surface area contributed by atoms with Gasteiger partial charge in [-0.1, -0.05) is 146 Å². The Hall–Kier alpha value is -6.96. The fourth-order valence-corrected chi connectivity index (χ4v) is 10.2. The molecule has 11 aromatic rings. The van der Waals surface area contributed by atoms with Crippen molar-refractivity contribution in [2.45, 2.75) is 18.3 Å². The van der Waals surface area contributed by atoms with Crippen molar-refractivity contribution in [2.24, 2.45) is 0 Å². The van der Waals surface area contributed by atoms with Gasteiger partial charge in [-0.2, -0.15) is 0 Å². The first-order chi connectivity index (χ1) is 27.7. The van der Waals surface area contributed by atoms with Gasteiger partial charge in [-0.3, -0.25) is 0 Å². The van der Waals surface area contributed by atoms with Gasteiger partial charge in [0, 0.05) is 16.3 Å². The molecule has 1 nitrogen and oxygen atoms in total. The highest BCUT2D eigenvalue weighted by Crippen LogP contribution is 2.64. The molecule has 1 aromatic heterocycles. The molecule has 1 heterocycles. The lowest BCUT2D eigenvalue weighted by Gasteiger charge is -2.21. The number of hydrogen-bond acceptors (Lipinski definition) is 1. The Bertz CT molecular complexity index is 3470. The molecule has 0 amide bonds. The molecule has 2 aliphatic carbocycles. The van der Waals surface area contributed by atoms with Gasteiger partial charge in [-0.25, -0.2) is 0 Å². The van der Waals surface area contributed by atoms with Crippen molar-refractivity contribution < 1.29 is 4.42 Å². The molecule has 1 saturated carbocycles. The second kappa shape index (κ2) is 11.3. The third-order valence-electron chi connectivity index (χ3n) is 12.9. The van der Waals surface area contributed by atoms with E-state index in [9.17, 15) is 0 Å². The molecule has 2 unspecified atom stereocenters. The zero-order valence-electron chi connectivity index (χ0n) is 30.6. The molecule has 260 valence electrons. The van der Waals surface area contributed by atoms with Crippen LogP contribution in [-0.4, -0.2) is 0 Å². The predicted octanol–water partition coefficient (Wildman–Crippen LogP) is 15.5. The van der Waals surface area contributed by atoms with Crippen molar-refractivity contribution in [3.8, 4) is 44.5 Å². The summed E-state index contributed by atoms with van der Waals surface area (Å²) in [6.07, 6.45) is 1.19. The van der Waals surface area contributed by atoms with Gasteiger partial charge in [0.25, 0.3) is 0 Å². The Balaban J connectivity index is 1.06. The minimum atomic E-state index is 0.527. The highest BCUT2D eigenvalue weighted by atomic mass is 16.3. The topological polar surface area (TPSA) is 13.1 Å². The summed E-state index contributed by atoms with van der Waals surface area (Å²) in [4.78, 5) is 0. The summed E-state index contributed by atoms with van der Waals surface area (Å²) < 4.78 is 6.61. The zero-order valence-corrected chi connectivity index (χ0v) is 30.6. The maximum Gasteiger partial charge on any atom is 0.139 e. The second-order valence-corrected chi connectivity index (χ2v) is 15.9. The van der Waals surface area contributed by atoms with Crippen molar-refractivity contribution >= 4 is 65.0 Å². The molecule has 0 saturated heterocycles. The molecule has 13 rings (SSSR count). The second-order valence-electron chi connectivity index (χ2n) is 15.9. The average molecular weight is 711 g/mol. The Morgan fingerprint density at radius 1 is 0.357 bits per heavy atom. The summed E-state index contributed by atoms with van der Waals surface area (Å²) in [5, 5.41) is 12.5. The van der Waals surface area contributed by atoms with Crippen molar-refractivity contribution in [1.82, 2.24) is 0 Å². The van der Waals surface area contributed by atoms with Gasteiger partial charge in [-0.15, -0.1) is 0 Å².